The van der Waals surface area contributed by atoms with Crippen LogP contribution in [0, 0.1) is 0 Å². The van der Waals surface area contributed by atoms with E-state index in [0.29, 0.717) is 0 Å². The molecule has 0 unspecified atom stereocenters. The second kappa shape index (κ2) is 8.24. The fraction of sp³-hybridized carbons (Fsp3) is 0.769. The lowest BCUT2D eigenvalue weighted by molar-refractivity contribution is 0.161. The topological polar surface area (TPSA) is 42.3 Å². The van der Waals surface area contributed by atoms with Crippen LogP contribution in [0.5, 0.6) is 0 Å². The molecule has 0 fully saturated rings. The van der Waals surface area contributed by atoms with Gasteiger partial charge in [-0.1, -0.05) is 6.92 Å². The first-order chi connectivity index (χ1) is 8.67. The second-order valence-corrected chi connectivity index (χ2v) is 4.58. The molecule has 1 aromatic heterocycles. The van der Waals surface area contributed by atoms with Gasteiger partial charge in [0.2, 0.25) is 0 Å². The van der Waals surface area contributed by atoms with Gasteiger partial charge in [-0.05, 0) is 19.5 Å². The first-order valence-electron chi connectivity index (χ1n) is 6.57. The molecule has 0 amide bonds. The van der Waals surface area contributed by atoms with Gasteiger partial charge in [0.25, 0.3) is 0 Å². The van der Waals surface area contributed by atoms with Gasteiger partial charge in [-0.3, -0.25) is 4.68 Å². The van der Waals surface area contributed by atoms with Gasteiger partial charge in [0, 0.05) is 40.3 Å². The molecule has 5 nitrogen and oxygen atoms in total. The summed E-state index contributed by atoms with van der Waals surface area (Å²) in [5.74, 6) is 0. The predicted molar refractivity (Wildman–Crippen MR) is 73.7 cm³/mol. The van der Waals surface area contributed by atoms with E-state index in [1.54, 1.807) is 7.11 Å². The monoisotopic (exact) mass is 254 g/mol. The maximum Gasteiger partial charge on any atom is 0.0625 e. The van der Waals surface area contributed by atoms with Crippen molar-refractivity contribution in [1.29, 1.82) is 0 Å². The number of hydrogen-bond acceptors (Lipinski definition) is 4. The quantitative estimate of drug-likeness (QED) is 0.657. The Balaban J connectivity index is 2.19. The van der Waals surface area contributed by atoms with E-state index in [2.05, 4.69) is 35.4 Å². The molecule has 104 valence electrons. The Morgan fingerprint density at radius 3 is 2.83 bits per heavy atom. The van der Waals surface area contributed by atoms with Crippen LogP contribution in [0.25, 0.3) is 0 Å². The first-order valence-corrected chi connectivity index (χ1v) is 6.57. The molecule has 5 heteroatoms. The summed E-state index contributed by atoms with van der Waals surface area (Å²) < 4.78 is 7.00. The van der Waals surface area contributed by atoms with Crippen LogP contribution in [0.15, 0.2) is 6.07 Å². The summed E-state index contributed by atoms with van der Waals surface area (Å²) >= 11 is 0. The van der Waals surface area contributed by atoms with Crippen molar-refractivity contribution in [2.75, 3.05) is 40.4 Å². The fourth-order valence-corrected chi connectivity index (χ4v) is 1.76. The Kier molecular flexibility index (Phi) is 6.93. The zero-order valence-electron chi connectivity index (χ0n) is 12.1. The van der Waals surface area contributed by atoms with E-state index in [4.69, 9.17) is 4.74 Å². The predicted octanol–water partition coefficient (Wildman–Crippen LogP) is 0.650. The molecule has 1 aromatic rings. The highest BCUT2D eigenvalue weighted by Crippen LogP contribution is 2.02. The van der Waals surface area contributed by atoms with Gasteiger partial charge in [0.1, 0.15) is 0 Å². The maximum atomic E-state index is 5.05. The summed E-state index contributed by atoms with van der Waals surface area (Å²) in [5.41, 5.74) is 2.40. The van der Waals surface area contributed by atoms with Crippen LogP contribution in [0.1, 0.15) is 18.3 Å². The van der Waals surface area contributed by atoms with Crippen LogP contribution in [0.2, 0.25) is 0 Å². The third-order valence-electron chi connectivity index (χ3n) is 3.04. The minimum Gasteiger partial charge on any atom is -0.383 e. The number of hydrogen-bond donors (Lipinski definition) is 1. The second-order valence-electron chi connectivity index (χ2n) is 4.58. The van der Waals surface area contributed by atoms with E-state index in [9.17, 15) is 0 Å². The van der Waals surface area contributed by atoms with Crippen LogP contribution in [-0.4, -0.2) is 55.1 Å². The standard InChI is InChI=1S/C13H26N4O/c1-5-12-10-13(17(3)15-12)11-14-6-7-16(2)8-9-18-4/h10,14H,5-9,11H2,1-4H3. The van der Waals surface area contributed by atoms with E-state index in [0.717, 1.165) is 44.9 Å². The smallest absolute Gasteiger partial charge is 0.0625 e. The Morgan fingerprint density at radius 2 is 2.22 bits per heavy atom. The Morgan fingerprint density at radius 1 is 1.44 bits per heavy atom. The summed E-state index contributed by atoms with van der Waals surface area (Å²) in [4.78, 5) is 2.26. The highest BCUT2D eigenvalue weighted by molar-refractivity contribution is 5.09. The third-order valence-corrected chi connectivity index (χ3v) is 3.04. The van der Waals surface area contributed by atoms with Crippen LogP contribution < -0.4 is 5.32 Å². The molecule has 1 N–H and O–H groups in total. The van der Waals surface area contributed by atoms with Crippen LogP contribution in [-0.2, 0) is 24.8 Å². The Bertz CT molecular complexity index is 338. The van der Waals surface area contributed by atoms with Crippen molar-refractivity contribution in [1.82, 2.24) is 20.0 Å². The van der Waals surface area contributed by atoms with Crippen LogP contribution in [0.3, 0.4) is 0 Å². The summed E-state index contributed by atoms with van der Waals surface area (Å²) in [7, 11) is 5.85. The number of methoxy groups -OCH3 is 1. The molecule has 1 rings (SSSR count). The molecule has 0 atom stereocenters. The zero-order valence-corrected chi connectivity index (χ0v) is 12.1. The number of ether oxygens (including phenoxy) is 1. The number of nitrogens with zero attached hydrogens (tertiary/aromatic N) is 3. The lowest BCUT2D eigenvalue weighted by atomic mass is 10.3. The van der Waals surface area contributed by atoms with E-state index in [1.807, 2.05) is 11.7 Å². The summed E-state index contributed by atoms with van der Waals surface area (Å²) in [6, 6.07) is 2.17. The van der Waals surface area contributed by atoms with Crippen molar-refractivity contribution in [3.05, 3.63) is 17.5 Å². The molecule has 0 aliphatic rings. The molecule has 0 bridgehead atoms. The highest BCUT2D eigenvalue weighted by atomic mass is 16.5. The molecular formula is C13H26N4O. The Labute approximate surface area is 110 Å². The van der Waals surface area contributed by atoms with Crippen molar-refractivity contribution in [3.8, 4) is 0 Å². The molecule has 0 saturated carbocycles. The van der Waals surface area contributed by atoms with E-state index in [-0.39, 0.29) is 0 Å². The molecule has 0 spiro atoms. The average molecular weight is 254 g/mol. The minimum atomic E-state index is 0.790. The lowest BCUT2D eigenvalue weighted by Gasteiger charge is -2.16. The third kappa shape index (κ3) is 5.16. The number of nitrogens with one attached hydrogen (secondary N) is 1. The van der Waals surface area contributed by atoms with Crippen molar-refractivity contribution >= 4 is 0 Å². The number of aromatic nitrogens is 2. The molecule has 0 aromatic carbocycles. The Hall–Kier alpha value is -0.910. The number of likely N-dealkylation sites (N-methyl/N-ethyl adjacent to an activating group) is 1. The van der Waals surface area contributed by atoms with E-state index >= 15 is 0 Å². The summed E-state index contributed by atoms with van der Waals surface area (Å²) in [5, 5.41) is 7.88. The van der Waals surface area contributed by atoms with E-state index in [1.165, 1.54) is 5.69 Å². The van der Waals surface area contributed by atoms with Crippen LogP contribution in [0.4, 0.5) is 0 Å². The van der Waals surface area contributed by atoms with Gasteiger partial charge < -0.3 is 15.0 Å². The molecular weight excluding hydrogens is 228 g/mol. The minimum absolute atomic E-state index is 0.790. The largest absolute Gasteiger partial charge is 0.383 e. The summed E-state index contributed by atoms with van der Waals surface area (Å²) in [6.45, 7) is 6.78. The van der Waals surface area contributed by atoms with Crippen molar-refractivity contribution in [2.24, 2.45) is 7.05 Å². The average Bonchev–Trinajstić information content (AvgIpc) is 2.73. The first kappa shape index (κ1) is 15.1. The molecule has 1 heterocycles. The van der Waals surface area contributed by atoms with Crippen molar-refractivity contribution in [3.63, 3.8) is 0 Å². The lowest BCUT2D eigenvalue weighted by Crippen LogP contribution is -2.31. The van der Waals surface area contributed by atoms with E-state index < -0.39 is 0 Å². The van der Waals surface area contributed by atoms with Gasteiger partial charge >= 0.3 is 0 Å². The summed E-state index contributed by atoms with van der Waals surface area (Å²) in [6.07, 6.45) is 0.994. The van der Waals surface area contributed by atoms with Gasteiger partial charge in [-0.2, -0.15) is 5.10 Å². The van der Waals surface area contributed by atoms with Crippen molar-refractivity contribution < 1.29 is 4.74 Å². The SMILES string of the molecule is CCc1cc(CNCCN(C)CCOC)n(C)n1. The highest BCUT2D eigenvalue weighted by Gasteiger charge is 2.03. The molecule has 0 aliphatic heterocycles. The normalized spacial score (nSPS) is 11.4. The zero-order chi connectivity index (χ0) is 13.4. The van der Waals surface area contributed by atoms with Gasteiger partial charge in [0.15, 0.2) is 0 Å². The van der Waals surface area contributed by atoms with Gasteiger partial charge in [-0.25, -0.2) is 0 Å². The molecule has 0 saturated heterocycles. The molecule has 18 heavy (non-hydrogen) atoms. The number of aryl methyl sites for hydroxylation is 2. The van der Waals surface area contributed by atoms with Crippen molar-refractivity contribution in [2.45, 2.75) is 19.9 Å². The van der Waals surface area contributed by atoms with Gasteiger partial charge in [-0.15, -0.1) is 0 Å². The van der Waals surface area contributed by atoms with Gasteiger partial charge in [0.05, 0.1) is 18.0 Å². The maximum absolute atomic E-state index is 5.05. The fourth-order valence-electron chi connectivity index (χ4n) is 1.76. The number of rotatable bonds is 9. The molecule has 0 aliphatic carbocycles. The van der Waals surface area contributed by atoms with Crippen LogP contribution >= 0.6 is 0 Å². The molecule has 0 radical (unpaired) electrons.